The second kappa shape index (κ2) is 44.0. The Bertz CT molecular complexity index is 1360. The summed E-state index contributed by atoms with van der Waals surface area (Å²) in [5.41, 5.74) is 0. The molecule has 0 saturated carbocycles. The molecule has 57 heavy (non-hydrogen) atoms. The highest BCUT2D eigenvalue weighted by atomic mass is 16.6. The van der Waals surface area contributed by atoms with E-state index in [0.717, 1.165) is 77.0 Å². The Kier molecular flexibility index (Phi) is 40.4. The molecule has 0 aromatic rings. The molecule has 1 atom stereocenters. The summed E-state index contributed by atoms with van der Waals surface area (Å²) in [4.78, 5) is 37.6. The zero-order valence-corrected chi connectivity index (χ0v) is 35.5. The number of carbonyl (C=O) groups excluding carboxylic acids is 3. The van der Waals surface area contributed by atoms with Gasteiger partial charge in [-0.3, -0.25) is 14.4 Å². The van der Waals surface area contributed by atoms with Gasteiger partial charge in [-0.2, -0.15) is 0 Å². The predicted molar refractivity (Wildman–Crippen MR) is 242 cm³/mol. The Labute approximate surface area is 347 Å². The van der Waals surface area contributed by atoms with E-state index in [1.54, 1.807) is 0 Å². The van der Waals surface area contributed by atoms with Crippen molar-refractivity contribution in [3.63, 3.8) is 0 Å². The minimum Gasteiger partial charge on any atom is -0.462 e. The first-order valence-electron chi connectivity index (χ1n) is 21.5. The van der Waals surface area contributed by atoms with Crippen LogP contribution < -0.4 is 0 Å². The molecule has 0 N–H and O–H groups in total. The van der Waals surface area contributed by atoms with Gasteiger partial charge < -0.3 is 14.2 Å². The first kappa shape index (κ1) is 52.3. The van der Waals surface area contributed by atoms with Gasteiger partial charge in [0.2, 0.25) is 0 Å². The lowest BCUT2D eigenvalue weighted by Gasteiger charge is -2.18. The molecule has 0 saturated heterocycles. The number of allylic oxidation sites excluding steroid dienone is 24. The van der Waals surface area contributed by atoms with Crippen LogP contribution in [0.3, 0.4) is 0 Å². The van der Waals surface area contributed by atoms with Gasteiger partial charge in [0, 0.05) is 19.3 Å². The van der Waals surface area contributed by atoms with E-state index in [2.05, 4.69) is 69.4 Å². The molecule has 0 fully saturated rings. The number of rotatable bonds is 35. The fourth-order valence-electron chi connectivity index (χ4n) is 4.93. The van der Waals surface area contributed by atoms with Crippen LogP contribution in [0.2, 0.25) is 0 Å². The van der Waals surface area contributed by atoms with E-state index in [1.165, 1.54) is 0 Å². The average molecular weight is 783 g/mol. The minimum atomic E-state index is -0.835. The molecule has 6 heteroatoms. The third kappa shape index (κ3) is 42.3. The Morgan fingerprint density at radius 2 is 0.719 bits per heavy atom. The number of ether oxygens (including phenoxy) is 3. The van der Waals surface area contributed by atoms with Crippen LogP contribution in [0.25, 0.3) is 0 Å². The summed E-state index contributed by atoms with van der Waals surface area (Å²) >= 11 is 0. The minimum absolute atomic E-state index is 0.134. The maximum Gasteiger partial charge on any atom is 0.306 e. The van der Waals surface area contributed by atoms with Gasteiger partial charge in [0.25, 0.3) is 0 Å². The van der Waals surface area contributed by atoms with Crippen molar-refractivity contribution >= 4 is 17.9 Å². The van der Waals surface area contributed by atoms with Gasteiger partial charge in [0.05, 0.1) is 0 Å². The van der Waals surface area contributed by atoms with Gasteiger partial charge in [-0.1, -0.05) is 179 Å². The fraction of sp³-hybridized carbons (Fsp3) is 0.471. The van der Waals surface area contributed by atoms with E-state index in [4.69, 9.17) is 14.2 Å². The van der Waals surface area contributed by atoms with E-state index >= 15 is 0 Å². The molecule has 0 spiro atoms. The number of hydrogen-bond acceptors (Lipinski definition) is 6. The first-order chi connectivity index (χ1) is 28.0. The SMILES string of the molecule is CC\C=C/C=C\C=C/C=C\C=C/CCCCCC(=O)OCC(COC(=O)CCCC/C=C\C/C=C\CC)OC(=O)CCCCC\C=C/C=C\C=C/C=C\C=C/CC. The van der Waals surface area contributed by atoms with Crippen molar-refractivity contribution in [1.29, 1.82) is 0 Å². The van der Waals surface area contributed by atoms with E-state index in [9.17, 15) is 14.4 Å². The standard InChI is InChI=1S/C51H74O6/c1-4-7-10-13-16-19-21-23-25-27-29-32-35-38-41-44-50(53)56-47-48(46-55-49(52)43-40-37-34-31-18-15-12-9-6-3)57-51(54)45-42-39-36-33-30-28-26-24-22-20-17-14-11-8-5-2/h7-14,16-31,48H,4-6,15,32-47H2,1-3H3/b10-7-,11-8-,12-9-,16-13-,17-14-,21-19-,22-20-,25-23-,26-24-,29-27-,30-28-,31-18-. The summed E-state index contributed by atoms with van der Waals surface area (Å²) in [6.07, 6.45) is 62.7. The number of unbranched alkanes of at least 4 members (excludes halogenated alkanes) is 8. The molecule has 0 bridgehead atoms. The third-order valence-electron chi connectivity index (χ3n) is 8.08. The van der Waals surface area contributed by atoms with Gasteiger partial charge in [-0.05, 0) is 83.5 Å². The summed E-state index contributed by atoms with van der Waals surface area (Å²) in [6.45, 7) is 6.06. The Balaban J connectivity index is 4.62. The van der Waals surface area contributed by atoms with Crippen molar-refractivity contribution in [1.82, 2.24) is 0 Å². The predicted octanol–water partition coefficient (Wildman–Crippen LogP) is 13.7. The molecule has 314 valence electrons. The molecule has 6 nitrogen and oxygen atoms in total. The highest BCUT2D eigenvalue weighted by molar-refractivity contribution is 5.71. The van der Waals surface area contributed by atoms with Crippen molar-refractivity contribution in [2.45, 2.75) is 142 Å². The van der Waals surface area contributed by atoms with Crippen LogP contribution >= 0.6 is 0 Å². The van der Waals surface area contributed by atoms with E-state index in [0.29, 0.717) is 19.3 Å². The third-order valence-corrected chi connectivity index (χ3v) is 8.08. The van der Waals surface area contributed by atoms with Crippen LogP contribution in [0.5, 0.6) is 0 Å². The van der Waals surface area contributed by atoms with Crippen LogP contribution in [0, 0.1) is 0 Å². The molecular formula is C51H74O6. The lowest BCUT2D eigenvalue weighted by molar-refractivity contribution is -0.167. The lowest BCUT2D eigenvalue weighted by Crippen LogP contribution is -2.30. The van der Waals surface area contributed by atoms with Gasteiger partial charge in [-0.25, -0.2) is 0 Å². The normalized spacial score (nSPS) is 13.5. The highest BCUT2D eigenvalue weighted by Crippen LogP contribution is 2.10. The molecule has 0 aliphatic carbocycles. The zero-order valence-electron chi connectivity index (χ0n) is 35.5. The largest absolute Gasteiger partial charge is 0.462 e. The van der Waals surface area contributed by atoms with Gasteiger partial charge in [0.1, 0.15) is 13.2 Å². The van der Waals surface area contributed by atoms with Crippen LogP contribution in [0.4, 0.5) is 0 Å². The van der Waals surface area contributed by atoms with Crippen LogP contribution in [-0.4, -0.2) is 37.2 Å². The van der Waals surface area contributed by atoms with Crippen molar-refractivity contribution < 1.29 is 28.6 Å². The second-order valence-corrected chi connectivity index (χ2v) is 13.3. The Morgan fingerprint density at radius 1 is 0.368 bits per heavy atom. The number of carbonyl (C=O) groups is 3. The zero-order chi connectivity index (χ0) is 41.5. The summed E-state index contributed by atoms with van der Waals surface area (Å²) < 4.78 is 16.5. The molecule has 0 aliphatic rings. The highest BCUT2D eigenvalue weighted by Gasteiger charge is 2.19. The monoisotopic (exact) mass is 783 g/mol. The molecule has 0 heterocycles. The maximum atomic E-state index is 12.7. The van der Waals surface area contributed by atoms with Crippen LogP contribution in [0.1, 0.15) is 136 Å². The van der Waals surface area contributed by atoms with E-state index in [1.807, 2.05) is 97.2 Å². The molecular weight excluding hydrogens is 709 g/mol. The topological polar surface area (TPSA) is 78.9 Å². The van der Waals surface area contributed by atoms with Gasteiger partial charge in [-0.15, -0.1) is 0 Å². The first-order valence-corrected chi connectivity index (χ1v) is 21.5. The smallest absolute Gasteiger partial charge is 0.306 e. The molecule has 0 rings (SSSR count). The summed E-state index contributed by atoms with van der Waals surface area (Å²) in [5, 5.41) is 0. The number of hydrogen-bond donors (Lipinski definition) is 0. The van der Waals surface area contributed by atoms with Crippen molar-refractivity contribution in [2.75, 3.05) is 13.2 Å². The lowest BCUT2D eigenvalue weighted by atomic mass is 10.1. The van der Waals surface area contributed by atoms with E-state index in [-0.39, 0.29) is 50.4 Å². The second-order valence-electron chi connectivity index (χ2n) is 13.3. The fourth-order valence-corrected chi connectivity index (χ4v) is 4.93. The quantitative estimate of drug-likeness (QED) is 0.0209. The van der Waals surface area contributed by atoms with Crippen molar-refractivity contribution in [3.8, 4) is 0 Å². The molecule has 0 aliphatic heterocycles. The molecule has 0 radical (unpaired) electrons. The van der Waals surface area contributed by atoms with Crippen LogP contribution in [-0.2, 0) is 28.6 Å². The van der Waals surface area contributed by atoms with Gasteiger partial charge in [0.15, 0.2) is 6.10 Å². The summed E-state index contributed by atoms with van der Waals surface area (Å²) in [6, 6.07) is 0. The Hall–Kier alpha value is -4.71. The van der Waals surface area contributed by atoms with Crippen molar-refractivity contribution in [2.24, 2.45) is 0 Å². The summed E-state index contributed by atoms with van der Waals surface area (Å²) in [5.74, 6) is -1.07. The van der Waals surface area contributed by atoms with Gasteiger partial charge >= 0.3 is 17.9 Å². The number of esters is 3. The van der Waals surface area contributed by atoms with Crippen molar-refractivity contribution in [3.05, 3.63) is 146 Å². The summed E-state index contributed by atoms with van der Waals surface area (Å²) in [7, 11) is 0. The Morgan fingerprint density at radius 3 is 1.18 bits per heavy atom. The van der Waals surface area contributed by atoms with E-state index < -0.39 is 6.10 Å². The average Bonchev–Trinajstić information content (AvgIpc) is 3.21. The molecule has 1 unspecified atom stereocenters. The van der Waals surface area contributed by atoms with Crippen LogP contribution in [0.15, 0.2) is 146 Å². The molecule has 0 amide bonds. The molecule has 0 aromatic heterocycles. The maximum absolute atomic E-state index is 12.7. The molecule has 0 aromatic carbocycles.